The fourth-order valence-corrected chi connectivity index (χ4v) is 3.59. The monoisotopic (exact) mass is 399 g/mol. The van der Waals surface area contributed by atoms with Crippen LogP contribution in [0.4, 0.5) is 0 Å². The third-order valence-corrected chi connectivity index (χ3v) is 5.06. The lowest BCUT2D eigenvalue weighted by Gasteiger charge is -2.12. The Morgan fingerprint density at radius 1 is 0.833 bits per heavy atom. The number of methoxy groups -OCH3 is 2. The minimum atomic E-state index is -0.180. The van der Waals surface area contributed by atoms with Crippen molar-refractivity contribution in [3.8, 4) is 22.8 Å². The first-order chi connectivity index (χ1) is 14.6. The third kappa shape index (κ3) is 3.57. The molecule has 1 heterocycles. The molecule has 4 rings (SSSR count). The lowest BCUT2D eigenvalue weighted by molar-refractivity contribution is -0.635. The molecule has 5 heteroatoms. The van der Waals surface area contributed by atoms with E-state index in [1.807, 2.05) is 66.2 Å². The maximum absolute atomic E-state index is 12.9. The van der Waals surface area contributed by atoms with Crippen molar-refractivity contribution in [1.29, 1.82) is 0 Å². The minimum absolute atomic E-state index is 0.180. The smallest absolute Gasteiger partial charge is 0.305 e. The van der Waals surface area contributed by atoms with Crippen LogP contribution >= 0.6 is 0 Å². The summed E-state index contributed by atoms with van der Waals surface area (Å²) in [6.45, 7) is 1.97. The summed E-state index contributed by atoms with van der Waals surface area (Å²) >= 11 is 0. The lowest BCUT2D eigenvalue weighted by atomic mass is 10.0. The van der Waals surface area contributed by atoms with E-state index in [9.17, 15) is 4.79 Å². The summed E-state index contributed by atoms with van der Waals surface area (Å²) in [5, 5.41) is 2.11. The Hall–Kier alpha value is -3.86. The Morgan fingerprint density at radius 3 is 2.27 bits per heavy atom. The number of ether oxygens (including phenoxy) is 2. The normalized spacial score (nSPS) is 10.6. The molecule has 5 nitrogen and oxygen atoms in total. The summed E-state index contributed by atoms with van der Waals surface area (Å²) in [7, 11) is 3.22. The first-order valence-electron chi connectivity index (χ1n) is 9.65. The molecule has 0 aliphatic rings. The second-order valence-electron chi connectivity index (χ2n) is 6.93. The minimum Gasteiger partial charge on any atom is -0.493 e. The average Bonchev–Trinajstić information content (AvgIpc) is 2.79. The molecule has 150 valence electrons. The van der Waals surface area contributed by atoms with Crippen molar-refractivity contribution in [1.82, 2.24) is 0 Å². The molecule has 30 heavy (non-hydrogen) atoms. The van der Waals surface area contributed by atoms with Crippen molar-refractivity contribution in [2.75, 3.05) is 19.6 Å². The number of aromatic nitrogens is 1. The van der Waals surface area contributed by atoms with Gasteiger partial charge in [0.25, 0.3) is 5.69 Å². The number of aryl methyl sites for hydroxylation is 1. The molecule has 0 fully saturated rings. The highest BCUT2D eigenvalue weighted by molar-refractivity contribution is 5.99. The number of fused-ring (bicyclic) bond motifs is 1. The summed E-state index contributed by atoms with van der Waals surface area (Å²) < 4.78 is 12.7. The number of carbonyl (C=O) groups is 1. The number of rotatable bonds is 5. The van der Waals surface area contributed by atoms with Gasteiger partial charge < -0.3 is 9.47 Å². The first-order valence-corrected chi connectivity index (χ1v) is 9.65. The first kappa shape index (κ1) is 19.5. The van der Waals surface area contributed by atoms with Crippen LogP contribution in [0, 0.1) is 6.92 Å². The molecule has 0 radical (unpaired) electrons. The van der Waals surface area contributed by atoms with Crippen LogP contribution in [0.2, 0.25) is 0 Å². The number of amides is 1. The molecule has 0 atom stereocenters. The van der Waals surface area contributed by atoms with Gasteiger partial charge in [0.2, 0.25) is 5.69 Å². The second kappa shape index (κ2) is 8.25. The third-order valence-electron chi connectivity index (χ3n) is 5.06. The Labute approximate surface area is 175 Å². The molecule has 4 aromatic rings. The summed E-state index contributed by atoms with van der Waals surface area (Å²) in [6.07, 6.45) is 0. The van der Waals surface area contributed by atoms with Crippen LogP contribution in [-0.4, -0.2) is 20.1 Å². The molecular formula is C25H23N2O3+. The SMILES string of the molecule is COc1ccc(-c2c3ccccc3cc(C)[n+]2NC(=O)c2ccccc2)cc1OC. The molecule has 0 saturated carbocycles. The zero-order valence-electron chi connectivity index (χ0n) is 17.2. The molecule has 1 N–H and O–H groups in total. The number of nitrogens with one attached hydrogen (secondary N) is 1. The number of carbonyl (C=O) groups excluding carboxylic acids is 1. The largest absolute Gasteiger partial charge is 0.493 e. The van der Waals surface area contributed by atoms with E-state index >= 15 is 0 Å². The van der Waals surface area contributed by atoms with Gasteiger partial charge in [-0.3, -0.25) is 4.79 Å². The van der Waals surface area contributed by atoms with E-state index in [1.54, 1.807) is 26.4 Å². The van der Waals surface area contributed by atoms with Crippen LogP contribution in [0.15, 0.2) is 78.9 Å². The number of hydrogen-bond acceptors (Lipinski definition) is 3. The van der Waals surface area contributed by atoms with Crippen molar-refractivity contribution in [2.45, 2.75) is 6.92 Å². The lowest BCUT2D eigenvalue weighted by Crippen LogP contribution is -2.52. The van der Waals surface area contributed by atoms with Crippen LogP contribution in [0.3, 0.4) is 0 Å². The Kier molecular flexibility index (Phi) is 5.35. The van der Waals surface area contributed by atoms with Gasteiger partial charge >= 0.3 is 5.91 Å². The predicted octanol–water partition coefficient (Wildman–Crippen LogP) is 4.50. The van der Waals surface area contributed by atoms with Crippen molar-refractivity contribution in [2.24, 2.45) is 0 Å². The van der Waals surface area contributed by atoms with E-state index in [4.69, 9.17) is 9.47 Å². The van der Waals surface area contributed by atoms with Gasteiger partial charge in [-0.05, 0) is 41.8 Å². The molecule has 1 aromatic heterocycles. The van der Waals surface area contributed by atoms with E-state index < -0.39 is 0 Å². The number of benzene rings is 3. The van der Waals surface area contributed by atoms with Gasteiger partial charge in [0, 0.05) is 18.6 Å². The molecule has 0 saturated heterocycles. The van der Waals surface area contributed by atoms with Crippen molar-refractivity contribution in [3.63, 3.8) is 0 Å². The molecule has 1 amide bonds. The van der Waals surface area contributed by atoms with Crippen LogP contribution < -0.4 is 19.6 Å². The van der Waals surface area contributed by atoms with Gasteiger partial charge in [0.15, 0.2) is 11.5 Å². The van der Waals surface area contributed by atoms with E-state index in [1.165, 1.54) is 0 Å². The molecule has 3 aromatic carbocycles. The van der Waals surface area contributed by atoms with Crippen LogP contribution in [0.25, 0.3) is 22.0 Å². The topological polar surface area (TPSA) is 51.4 Å². The maximum atomic E-state index is 12.9. The molecule has 0 aliphatic carbocycles. The fourth-order valence-electron chi connectivity index (χ4n) is 3.59. The molecule has 0 unspecified atom stereocenters. The standard InChI is InChI=1S/C25H22N2O3/c1-17-15-19-11-7-8-12-21(19)24(20-13-14-22(29-2)23(16-20)30-3)27(17)26-25(28)18-9-5-4-6-10-18/h4-16H,1-3H3/p+1. The van der Waals surface area contributed by atoms with Gasteiger partial charge in [-0.1, -0.05) is 41.1 Å². The van der Waals surface area contributed by atoms with E-state index in [0.29, 0.717) is 17.1 Å². The Bertz CT molecular complexity index is 1220. The predicted molar refractivity (Wildman–Crippen MR) is 118 cm³/mol. The summed E-state index contributed by atoms with van der Waals surface area (Å²) in [5.41, 5.74) is 6.33. The quantitative estimate of drug-likeness (QED) is 0.503. The highest BCUT2D eigenvalue weighted by Gasteiger charge is 2.25. The highest BCUT2D eigenvalue weighted by atomic mass is 16.5. The average molecular weight is 399 g/mol. The molecule has 0 aliphatic heterocycles. The summed E-state index contributed by atoms with van der Waals surface area (Å²) in [4.78, 5) is 12.9. The second-order valence-corrected chi connectivity index (χ2v) is 6.93. The Morgan fingerprint density at radius 2 is 1.53 bits per heavy atom. The Balaban J connectivity index is 1.93. The molecular weight excluding hydrogens is 376 g/mol. The van der Waals surface area contributed by atoms with Crippen LogP contribution in [-0.2, 0) is 0 Å². The maximum Gasteiger partial charge on any atom is 0.305 e. The van der Waals surface area contributed by atoms with Gasteiger partial charge in [0.1, 0.15) is 0 Å². The van der Waals surface area contributed by atoms with E-state index in [-0.39, 0.29) is 5.91 Å². The van der Waals surface area contributed by atoms with E-state index in [0.717, 1.165) is 27.7 Å². The van der Waals surface area contributed by atoms with Gasteiger partial charge in [0.05, 0.1) is 25.2 Å². The van der Waals surface area contributed by atoms with Crippen LogP contribution in [0.1, 0.15) is 16.1 Å². The highest BCUT2D eigenvalue weighted by Crippen LogP contribution is 2.34. The number of hydrogen-bond donors (Lipinski definition) is 1. The summed E-state index contributed by atoms with van der Waals surface area (Å²) in [5.74, 6) is 1.10. The molecule has 0 bridgehead atoms. The zero-order chi connectivity index (χ0) is 21.1. The number of pyridine rings is 1. The summed E-state index contributed by atoms with van der Waals surface area (Å²) in [6, 6.07) is 25.1. The number of nitrogens with zero attached hydrogens (tertiary/aromatic N) is 1. The zero-order valence-corrected chi connectivity index (χ0v) is 17.2. The van der Waals surface area contributed by atoms with Crippen molar-refractivity contribution in [3.05, 3.63) is 90.1 Å². The van der Waals surface area contributed by atoms with Crippen molar-refractivity contribution < 1.29 is 18.9 Å². The fraction of sp³-hybridized carbons (Fsp3) is 0.120. The van der Waals surface area contributed by atoms with E-state index in [2.05, 4.69) is 17.6 Å². The van der Waals surface area contributed by atoms with Crippen LogP contribution in [0.5, 0.6) is 11.5 Å². The molecule has 0 spiro atoms. The van der Waals surface area contributed by atoms with Gasteiger partial charge in [-0.15, -0.1) is 5.43 Å². The van der Waals surface area contributed by atoms with Gasteiger partial charge in [-0.2, -0.15) is 0 Å². The van der Waals surface area contributed by atoms with Gasteiger partial charge in [-0.25, -0.2) is 0 Å². The van der Waals surface area contributed by atoms with Crippen molar-refractivity contribution >= 4 is 16.7 Å².